The van der Waals surface area contributed by atoms with Gasteiger partial charge in [0.1, 0.15) is 28.6 Å². The molecule has 158 valence electrons. The van der Waals surface area contributed by atoms with Crippen LogP contribution < -0.4 is 16.2 Å². The lowest BCUT2D eigenvalue weighted by Crippen LogP contribution is -2.29. The van der Waals surface area contributed by atoms with Gasteiger partial charge in [-0.3, -0.25) is 4.79 Å². The van der Waals surface area contributed by atoms with Crippen molar-refractivity contribution in [1.29, 1.82) is 5.26 Å². The molecule has 1 fully saturated rings. The Morgan fingerprint density at radius 1 is 1.16 bits per heavy atom. The number of rotatable bonds is 5. The van der Waals surface area contributed by atoms with Crippen LogP contribution in [0.4, 0.5) is 5.82 Å². The van der Waals surface area contributed by atoms with Crippen LogP contribution in [0.1, 0.15) is 16.4 Å². The molecule has 3 aromatic rings. The molecule has 0 spiro atoms. The highest BCUT2D eigenvalue weighted by Crippen LogP contribution is 2.31. The van der Waals surface area contributed by atoms with E-state index in [1.165, 1.54) is 4.68 Å². The highest BCUT2D eigenvalue weighted by atomic mass is 16.5. The summed E-state index contributed by atoms with van der Waals surface area (Å²) in [6.07, 6.45) is 2.13. The van der Waals surface area contributed by atoms with Crippen LogP contribution in [-0.4, -0.2) is 46.9 Å². The van der Waals surface area contributed by atoms with Crippen LogP contribution in [0, 0.1) is 11.5 Å². The van der Waals surface area contributed by atoms with Crippen LogP contribution in [0.3, 0.4) is 0 Å². The molecule has 0 aliphatic carbocycles. The normalized spacial score (nSPS) is 16.4. The van der Waals surface area contributed by atoms with Crippen molar-refractivity contribution in [2.24, 2.45) is 5.73 Å². The summed E-state index contributed by atoms with van der Waals surface area (Å²) in [7, 11) is 0. The lowest BCUT2D eigenvalue weighted by molar-refractivity contribution is 0.100. The Morgan fingerprint density at radius 2 is 1.87 bits per heavy atom. The van der Waals surface area contributed by atoms with Crippen molar-refractivity contribution >= 4 is 11.7 Å². The Kier molecular flexibility index (Phi) is 5.73. The number of carbonyl (C=O) groups excluding carboxylic acids is 1. The average molecular weight is 418 g/mol. The molecular weight excluding hydrogens is 396 g/mol. The number of nitrogen functional groups attached to an aromatic ring is 1. The maximum atomic E-state index is 12.2. The molecule has 4 N–H and O–H groups in total. The number of anilines is 1. The number of hydrogen-bond acceptors (Lipinski definition) is 7. The van der Waals surface area contributed by atoms with Gasteiger partial charge in [-0.2, -0.15) is 10.4 Å². The number of aromatic nitrogens is 2. The quantitative estimate of drug-likeness (QED) is 0.608. The van der Waals surface area contributed by atoms with Crippen molar-refractivity contribution in [2.45, 2.75) is 6.04 Å². The fourth-order valence-corrected chi connectivity index (χ4v) is 3.51. The van der Waals surface area contributed by atoms with Crippen molar-refractivity contribution in [1.82, 2.24) is 14.7 Å². The van der Waals surface area contributed by atoms with E-state index in [1.54, 1.807) is 29.2 Å². The van der Waals surface area contributed by atoms with Gasteiger partial charge in [0.05, 0.1) is 32.3 Å². The van der Waals surface area contributed by atoms with Crippen LogP contribution in [0.15, 0.2) is 54.6 Å². The van der Waals surface area contributed by atoms with E-state index in [4.69, 9.17) is 20.9 Å². The number of nitrogens with zero attached hydrogens (tertiary/aromatic N) is 4. The molecule has 0 saturated carbocycles. The van der Waals surface area contributed by atoms with Gasteiger partial charge >= 0.3 is 0 Å². The van der Waals surface area contributed by atoms with Gasteiger partial charge in [-0.25, -0.2) is 4.68 Å². The SMILES string of the molecule is N#CN1CCOCC(n2nc(-c3ccc(Oc4ccccc4)cc3)c(C(N)=O)c2N)C1. The standard InChI is InChI=1S/C22H22N6O3/c23-14-27-10-11-30-13-16(12-27)28-21(24)19(22(25)29)20(26-28)15-6-8-18(9-7-15)31-17-4-2-1-3-5-17/h1-9,16H,10-13,24H2,(H2,25,29). The third-order valence-electron chi connectivity index (χ3n) is 5.03. The molecule has 1 amide bonds. The van der Waals surface area contributed by atoms with Gasteiger partial charge in [0.2, 0.25) is 0 Å². The molecule has 9 nitrogen and oxygen atoms in total. The van der Waals surface area contributed by atoms with Gasteiger partial charge in [0, 0.05) is 5.56 Å². The number of benzene rings is 2. The Hall–Kier alpha value is -4.03. The average Bonchev–Trinajstić information content (AvgIpc) is 2.96. The summed E-state index contributed by atoms with van der Waals surface area (Å²) in [5.41, 5.74) is 13.1. The second kappa shape index (κ2) is 8.77. The van der Waals surface area contributed by atoms with E-state index >= 15 is 0 Å². The van der Waals surface area contributed by atoms with E-state index in [0.29, 0.717) is 43.3 Å². The second-order valence-electron chi connectivity index (χ2n) is 7.13. The number of hydrogen-bond donors (Lipinski definition) is 2. The van der Waals surface area contributed by atoms with Crippen molar-refractivity contribution in [2.75, 3.05) is 32.0 Å². The molecule has 1 unspecified atom stereocenters. The zero-order chi connectivity index (χ0) is 21.8. The Balaban J connectivity index is 1.65. The molecule has 2 heterocycles. The predicted molar refractivity (Wildman–Crippen MR) is 114 cm³/mol. The van der Waals surface area contributed by atoms with Gasteiger partial charge in [0.15, 0.2) is 6.19 Å². The van der Waals surface area contributed by atoms with E-state index in [-0.39, 0.29) is 17.4 Å². The number of carbonyl (C=O) groups is 1. The molecule has 31 heavy (non-hydrogen) atoms. The van der Waals surface area contributed by atoms with Crippen LogP contribution in [0.5, 0.6) is 11.5 Å². The maximum Gasteiger partial charge on any atom is 0.254 e. The summed E-state index contributed by atoms with van der Waals surface area (Å²) in [4.78, 5) is 13.8. The molecule has 1 atom stereocenters. The summed E-state index contributed by atoms with van der Waals surface area (Å²) in [5, 5.41) is 13.9. The maximum absolute atomic E-state index is 12.2. The second-order valence-corrected chi connectivity index (χ2v) is 7.13. The van der Waals surface area contributed by atoms with Crippen LogP contribution in [-0.2, 0) is 4.74 Å². The van der Waals surface area contributed by atoms with E-state index < -0.39 is 5.91 Å². The van der Waals surface area contributed by atoms with E-state index in [0.717, 1.165) is 5.75 Å². The molecule has 2 aromatic carbocycles. The lowest BCUT2D eigenvalue weighted by Gasteiger charge is -2.19. The minimum absolute atomic E-state index is 0.143. The fourth-order valence-electron chi connectivity index (χ4n) is 3.51. The summed E-state index contributed by atoms with van der Waals surface area (Å²) in [5.74, 6) is 0.845. The summed E-state index contributed by atoms with van der Waals surface area (Å²) < 4.78 is 12.9. The Bertz CT molecular complexity index is 1100. The number of amides is 1. The number of nitriles is 1. The monoisotopic (exact) mass is 418 g/mol. The molecule has 9 heteroatoms. The Morgan fingerprint density at radius 3 is 2.55 bits per heavy atom. The van der Waals surface area contributed by atoms with Crippen molar-refractivity contribution in [3.8, 4) is 28.9 Å². The van der Waals surface area contributed by atoms with E-state index in [1.807, 2.05) is 30.3 Å². The Labute approximate surface area is 179 Å². The summed E-state index contributed by atoms with van der Waals surface area (Å²) in [6, 6.07) is 16.3. The topological polar surface area (TPSA) is 132 Å². The number of primary amides is 1. The van der Waals surface area contributed by atoms with E-state index in [9.17, 15) is 10.1 Å². The van der Waals surface area contributed by atoms with Gasteiger partial charge < -0.3 is 25.8 Å². The van der Waals surface area contributed by atoms with Crippen LogP contribution >= 0.6 is 0 Å². The molecule has 1 aliphatic rings. The molecule has 0 radical (unpaired) electrons. The summed E-state index contributed by atoms with van der Waals surface area (Å²) in [6.45, 7) is 1.63. The van der Waals surface area contributed by atoms with Crippen LogP contribution in [0.25, 0.3) is 11.3 Å². The van der Waals surface area contributed by atoms with Crippen LogP contribution in [0.2, 0.25) is 0 Å². The van der Waals surface area contributed by atoms with Gasteiger partial charge in [-0.05, 0) is 36.4 Å². The lowest BCUT2D eigenvalue weighted by atomic mass is 10.1. The third kappa shape index (κ3) is 4.29. The smallest absolute Gasteiger partial charge is 0.254 e. The largest absolute Gasteiger partial charge is 0.457 e. The first-order chi connectivity index (χ1) is 15.1. The molecule has 4 rings (SSSR count). The molecule has 0 bridgehead atoms. The first-order valence-corrected chi connectivity index (χ1v) is 9.80. The molecule has 1 saturated heterocycles. The first-order valence-electron chi connectivity index (χ1n) is 9.80. The fraction of sp³-hybridized carbons (Fsp3) is 0.227. The summed E-state index contributed by atoms with van der Waals surface area (Å²) >= 11 is 0. The minimum atomic E-state index is -0.671. The predicted octanol–water partition coefficient (Wildman–Crippen LogP) is 2.38. The third-order valence-corrected chi connectivity index (χ3v) is 5.03. The van der Waals surface area contributed by atoms with Crippen molar-refractivity contribution in [3.05, 3.63) is 60.2 Å². The highest BCUT2D eigenvalue weighted by Gasteiger charge is 2.28. The number of ether oxygens (including phenoxy) is 2. The minimum Gasteiger partial charge on any atom is -0.457 e. The molecule has 1 aromatic heterocycles. The highest BCUT2D eigenvalue weighted by molar-refractivity contribution is 6.03. The number of para-hydroxylation sites is 1. The first kappa shape index (κ1) is 20.3. The van der Waals surface area contributed by atoms with Crippen molar-refractivity contribution in [3.63, 3.8) is 0 Å². The van der Waals surface area contributed by atoms with Gasteiger partial charge in [-0.1, -0.05) is 18.2 Å². The molecule has 1 aliphatic heterocycles. The van der Waals surface area contributed by atoms with Gasteiger partial charge in [-0.15, -0.1) is 0 Å². The zero-order valence-corrected chi connectivity index (χ0v) is 16.8. The zero-order valence-electron chi connectivity index (χ0n) is 16.8. The van der Waals surface area contributed by atoms with E-state index in [2.05, 4.69) is 11.3 Å². The molecular formula is C22H22N6O3. The van der Waals surface area contributed by atoms with Gasteiger partial charge in [0.25, 0.3) is 5.91 Å². The number of nitrogens with two attached hydrogens (primary N) is 2. The van der Waals surface area contributed by atoms with Crippen molar-refractivity contribution < 1.29 is 14.3 Å².